The molecule has 0 bridgehead atoms. The van der Waals surface area contributed by atoms with Gasteiger partial charge in [0.2, 0.25) is 0 Å². The average molecular weight is 265 g/mol. The quantitative estimate of drug-likeness (QED) is 0.823. The van der Waals surface area contributed by atoms with Crippen LogP contribution in [-0.4, -0.2) is 24.7 Å². The van der Waals surface area contributed by atoms with Crippen molar-refractivity contribution in [3.8, 4) is 5.75 Å². The number of ether oxygens (including phenoxy) is 2. The SMILES string of the molecule is CCCOC(C)(C)C(=O)Nc1ccc(OCC)cc1. The van der Waals surface area contributed by atoms with Gasteiger partial charge >= 0.3 is 0 Å². The summed E-state index contributed by atoms with van der Waals surface area (Å²) >= 11 is 0. The summed E-state index contributed by atoms with van der Waals surface area (Å²) < 4.78 is 10.9. The fraction of sp³-hybridized carbons (Fsp3) is 0.533. The van der Waals surface area contributed by atoms with E-state index in [2.05, 4.69) is 5.32 Å². The zero-order valence-corrected chi connectivity index (χ0v) is 12.2. The van der Waals surface area contributed by atoms with E-state index >= 15 is 0 Å². The second kappa shape index (κ2) is 7.14. The van der Waals surface area contributed by atoms with E-state index in [4.69, 9.17) is 9.47 Å². The normalized spacial score (nSPS) is 11.2. The Morgan fingerprint density at radius 1 is 1.21 bits per heavy atom. The summed E-state index contributed by atoms with van der Waals surface area (Å²) in [5.41, 5.74) is -0.0872. The maximum absolute atomic E-state index is 12.1. The molecule has 0 saturated carbocycles. The summed E-state index contributed by atoms with van der Waals surface area (Å²) in [5, 5.41) is 2.84. The van der Waals surface area contributed by atoms with Crippen LogP contribution in [0.5, 0.6) is 5.75 Å². The monoisotopic (exact) mass is 265 g/mol. The summed E-state index contributed by atoms with van der Waals surface area (Å²) in [6.45, 7) is 8.69. The maximum Gasteiger partial charge on any atom is 0.256 e. The lowest BCUT2D eigenvalue weighted by atomic mass is 10.1. The number of benzene rings is 1. The van der Waals surface area contributed by atoms with Crippen LogP contribution in [0.2, 0.25) is 0 Å². The smallest absolute Gasteiger partial charge is 0.256 e. The summed E-state index contributed by atoms with van der Waals surface area (Å²) in [6.07, 6.45) is 0.889. The molecule has 19 heavy (non-hydrogen) atoms. The predicted octanol–water partition coefficient (Wildman–Crippen LogP) is 3.23. The molecule has 0 unspecified atom stereocenters. The fourth-order valence-corrected chi connectivity index (χ4v) is 1.51. The van der Waals surface area contributed by atoms with Crippen molar-refractivity contribution in [2.75, 3.05) is 18.5 Å². The standard InChI is InChI=1S/C15H23NO3/c1-5-11-19-15(3,4)14(17)16-12-7-9-13(10-8-12)18-6-2/h7-10H,5-6,11H2,1-4H3,(H,16,17). The highest BCUT2D eigenvalue weighted by molar-refractivity contribution is 5.96. The second-order valence-electron chi connectivity index (χ2n) is 4.77. The molecule has 4 heteroatoms. The van der Waals surface area contributed by atoms with Crippen LogP contribution < -0.4 is 10.1 Å². The number of anilines is 1. The van der Waals surface area contributed by atoms with Crippen LogP contribution >= 0.6 is 0 Å². The fourth-order valence-electron chi connectivity index (χ4n) is 1.51. The summed E-state index contributed by atoms with van der Waals surface area (Å²) in [5.74, 6) is 0.645. The van der Waals surface area contributed by atoms with Gasteiger partial charge in [-0.3, -0.25) is 4.79 Å². The molecule has 1 amide bonds. The number of amides is 1. The molecule has 0 aliphatic rings. The molecular formula is C15H23NO3. The summed E-state index contributed by atoms with van der Waals surface area (Å²) in [4.78, 5) is 12.1. The van der Waals surface area contributed by atoms with Gasteiger partial charge in [-0.15, -0.1) is 0 Å². The van der Waals surface area contributed by atoms with Gasteiger partial charge in [0.15, 0.2) is 0 Å². The third-order valence-corrected chi connectivity index (χ3v) is 2.64. The van der Waals surface area contributed by atoms with E-state index in [1.807, 2.05) is 38.1 Å². The van der Waals surface area contributed by atoms with Crippen molar-refractivity contribution in [3.05, 3.63) is 24.3 Å². The van der Waals surface area contributed by atoms with Gasteiger partial charge in [0.05, 0.1) is 6.61 Å². The van der Waals surface area contributed by atoms with E-state index in [-0.39, 0.29) is 5.91 Å². The molecule has 0 aliphatic heterocycles. The molecule has 0 spiro atoms. The minimum Gasteiger partial charge on any atom is -0.494 e. The van der Waals surface area contributed by atoms with Crippen molar-refractivity contribution >= 4 is 11.6 Å². The molecule has 4 nitrogen and oxygen atoms in total. The van der Waals surface area contributed by atoms with E-state index in [9.17, 15) is 4.79 Å². The summed E-state index contributed by atoms with van der Waals surface area (Å²) in [7, 11) is 0. The molecule has 0 aromatic heterocycles. The lowest BCUT2D eigenvalue weighted by Gasteiger charge is -2.24. The molecule has 1 N–H and O–H groups in total. The van der Waals surface area contributed by atoms with Gasteiger partial charge in [-0.25, -0.2) is 0 Å². The molecular weight excluding hydrogens is 242 g/mol. The van der Waals surface area contributed by atoms with Crippen LogP contribution in [0.3, 0.4) is 0 Å². The van der Waals surface area contributed by atoms with Gasteiger partial charge in [-0.05, 0) is 51.5 Å². The molecule has 0 atom stereocenters. The molecule has 0 radical (unpaired) electrons. The number of carbonyl (C=O) groups excluding carboxylic acids is 1. The minimum absolute atomic E-state index is 0.148. The van der Waals surface area contributed by atoms with Gasteiger partial charge in [0.25, 0.3) is 5.91 Å². The number of hydrogen-bond acceptors (Lipinski definition) is 3. The highest BCUT2D eigenvalue weighted by Crippen LogP contribution is 2.18. The predicted molar refractivity (Wildman–Crippen MR) is 76.6 cm³/mol. The Labute approximate surface area is 115 Å². The Morgan fingerprint density at radius 3 is 2.37 bits per heavy atom. The van der Waals surface area contributed by atoms with Gasteiger partial charge in [-0.1, -0.05) is 6.92 Å². The first-order chi connectivity index (χ1) is 8.99. The number of rotatable bonds is 7. The molecule has 0 fully saturated rings. The van der Waals surface area contributed by atoms with E-state index in [0.29, 0.717) is 13.2 Å². The average Bonchev–Trinajstić information content (AvgIpc) is 2.39. The van der Waals surface area contributed by atoms with E-state index in [1.165, 1.54) is 0 Å². The first-order valence-corrected chi connectivity index (χ1v) is 6.68. The first-order valence-electron chi connectivity index (χ1n) is 6.68. The van der Waals surface area contributed by atoms with Gasteiger partial charge < -0.3 is 14.8 Å². The van der Waals surface area contributed by atoms with Crippen molar-refractivity contribution in [3.63, 3.8) is 0 Å². The molecule has 0 aliphatic carbocycles. The zero-order chi connectivity index (χ0) is 14.3. The Bertz CT molecular complexity index is 398. The van der Waals surface area contributed by atoms with Gasteiger partial charge in [-0.2, -0.15) is 0 Å². The maximum atomic E-state index is 12.1. The summed E-state index contributed by atoms with van der Waals surface area (Å²) in [6, 6.07) is 7.30. The van der Waals surface area contributed by atoms with Crippen molar-refractivity contribution in [2.24, 2.45) is 0 Å². The molecule has 0 saturated heterocycles. The zero-order valence-electron chi connectivity index (χ0n) is 12.2. The van der Waals surface area contributed by atoms with E-state index in [1.54, 1.807) is 13.8 Å². The van der Waals surface area contributed by atoms with Crippen molar-refractivity contribution in [2.45, 2.75) is 39.7 Å². The van der Waals surface area contributed by atoms with E-state index < -0.39 is 5.60 Å². The Balaban J connectivity index is 2.60. The van der Waals surface area contributed by atoms with Crippen molar-refractivity contribution in [1.82, 2.24) is 0 Å². The Hall–Kier alpha value is -1.55. The highest BCUT2D eigenvalue weighted by atomic mass is 16.5. The van der Waals surface area contributed by atoms with Crippen LogP contribution in [0.4, 0.5) is 5.69 Å². The Kier molecular flexibility index (Phi) is 5.83. The van der Waals surface area contributed by atoms with Crippen LogP contribution in [0.1, 0.15) is 34.1 Å². The molecule has 0 heterocycles. The largest absolute Gasteiger partial charge is 0.494 e. The van der Waals surface area contributed by atoms with Crippen LogP contribution in [0.15, 0.2) is 24.3 Å². The second-order valence-corrected chi connectivity index (χ2v) is 4.77. The molecule has 1 aromatic rings. The number of carbonyl (C=O) groups is 1. The minimum atomic E-state index is -0.825. The Morgan fingerprint density at radius 2 is 1.84 bits per heavy atom. The van der Waals surface area contributed by atoms with Crippen molar-refractivity contribution < 1.29 is 14.3 Å². The molecule has 1 rings (SSSR count). The molecule has 106 valence electrons. The van der Waals surface area contributed by atoms with Crippen LogP contribution in [0, 0.1) is 0 Å². The third-order valence-electron chi connectivity index (χ3n) is 2.64. The highest BCUT2D eigenvalue weighted by Gasteiger charge is 2.28. The number of hydrogen-bond donors (Lipinski definition) is 1. The first kappa shape index (κ1) is 15.5. The topological polar surface area (TPSA) is 47.6 Å². The van der Waals surface area contributed by atoms with Gasteiger partial charge in [0.1, 0.15) is 11.4 Å². The lowest BCUT2D eigenvalue weighted by Crippen LogP contribution is -2.40. The number of nitrogens with one attached hydrogen (secondary N) is 1. The van der Waals surface area contributed by atoms with Crippen molar-refractivity contribution in [1.29, 1.82) is 0 Å². The lowest BCUT2D eigenvalue weighted by molar-refractivity contribution is -0.137. The van der Waals surface area contributed by atoms with Crippen LogP contribution in [-0.2, 0) is 9.53 Å². The van der Waals surface area contributed by atoms with Gasteiger partial charge in [0, 0.05) is 12.3 Å². The third kappa shape index (κ3) is 4.91. The van der Waals surface area contributed by atoms with E-state index in [0.717, 1.165) is 17.9 Å². The molecule has 1 aromatic carbocycles. The van der Waals surface area contributed by atoms with Crippen LogP contribution in [0.25, 0.3) is 0 Å².